The zero-order valence-electron chi connectivity index (χ0n) is 17.6. The molecule has 0 fully saturated rings. The second-order valence-corrected chi connectivity index (χ2v) is 7.99. The molecule has 158 valence electrons. The van der Waals surface area contributed by atoms with Gasteiger partial charge >= 0.3 is 0 Å². The predicted molar refractivity (Wildman–Crippen MR) is 124 cm³/mol. The molecule has 0 spiro atoms. The van der Waals surface area contributed by atoms with Crippen molar-refractivity contribution in [1.29, 1.82) is 0 Å². The molecule has 0 unspecified atom stereocenters. The van der Waals surface area contributed by atoms with Gasteiger partial charge in [0.1, 0.15) is 0 Å². The first-order valence-electron chi connectivity index (χ1n) is 10.1. The third-order valence-corrected chi connectivity index (χ3v) is 6.10. The molecule has 0 saturated heterocycles. The number of rotatable bonds is 9. The minimum atomic E-state index is 0.0209. The molecule has 6 heteroatoms. The van der Waals surface area contributed by atoms with Crippen LogP contribution in [0, 0.1) is 0 Å². The van der Waals surface area contributed by atoms with Crippen molar-refractivity contribution in [2.45, 2.75) is 18.1 Å². The Bertz CT molecular complexity index is 1190. The van der Waals surface area contributed by atoms with E-state index >= 15 is 0 Å². The van der Waals surface area contributed by atoms with Gasteiger partial charge in [-0.3, -0.25) is 4.79 Å². The van der Waals surface area contributed by atoms with Crippen LogP contribution in [0.3, 0.4) is 0 Å². The van der Waals surface area contributed by atoms with Gasteiger partial charge in [0.05, 0.1) is 31.0 Å². The van der Waals surface area contributed by atoms with E-state index < -0.39 is 0 Å². The number of Topliss-reactive ketones (excluding diaryl/α,β-unsaturated/α-hetero) is 1. The number of nitrogens with zero attached hydrogens (tertiary/aromatic N) is 2. The molecule has 0 amide bonds. The smallest absolute Gasteiger partial charge is 0.173 e. The maximum Gasteiger partial charge on any atom is 0.173 e. The molecule has 0 aliphatic rings. The number of hydrogen-bond donors (Lipinski definition) is 0. The largest absolute Gasteiger partial charge is 0.493 e. The first-order chi connectivity index (χ1) is 15.2. The van der Waals surface area contributed by atoms with Crippen LogP contribution < -0.4 is 9.47 Å². The van der Waals surface area contributed by atoms with E-state index in [9.17, 15) is 4.79 Å². The molecule has 31 heavy (non-hydrogen) atoms. The lowest BCUT2D eigenvalue weighted by Gasteiger charge is -2.10. The van der Waals surface area contributed by atoms with Crippen LogP contribution in [0.5, 0.6) is 11.5 Å². The Morgan fingerprint density at radius 3 is 2.45 bits per heavy atom. The molecule has 3 aromatic carbocycles. The van der Waals surface area contributed by atoms with Crippen LogP contribution in [0.15, 0.2) is 78.0 Å². The summed E-state index contributed by atoms with van der Waals surface area (Å²) in [5, 5.41) is 0.853. The van der Waals surface area contributed by atoms with Gasteiger partial charge in [-0.25, -0.2) is 4.98 Å². The molecule has 0 aliphatic carbocycles. The standard InChI is InChI=1S/C25H24N2O3S/c1-29-23-13-12-19(16-24(23)30-2)22(28)17-31-25-26-20-10-6-7-11-21(20)27(25)15-14-18-8-4-3-5-9-18/h3-13,16H,14-15,17H2,1-2H3. The monoisotopic (exact) mass is 432 g/mol. The van der Waals surface area contributed by atoms with Gasteiger partial charge in [-0.1, -0.05) is 54.2 Å². The van der Waals surface area contributed by atoms with Crippen molar-refractivity contribution in [2.75, 3.05) is 20.0 Å². The summed E-state index contributed by atoms with van der Waals surface area (Å²) in [6, 6.07) is 23.7. The lowest BCUT2D eigenvalue weighted by atomic mass is 10.1. The Hall–Kier alpha value is -3.25. The van der Waals surface area contributed by atoms with Crippen LogP contribution >= 0.6 is 11.8 Å². The average Bonchev–Trinajstić information content (AvgIpc) is 3.18. The zero-order valence-corrected chi connectivity index (χ0v) is 18.4. The van der Waals surface area contributed by atoms with E-state index in [4.69, 9.17) is 14.5 Å². The number of ketones is 1. The number of ether oxygens (including phenoxy) is 2. The molecule has 1 heterocycles. The molecule has 5 nitrogen and oxygen atoms in total. The third kappa shape index (κ3) is 4.75. The number of carbonyl (C=O) groups excluding carboxylic acids is 1. The molecular formula is C25H24N2O3S. The highest BCUT2D eigenvalue weighted by Crippen LogP contribution is 2.29. The lowest BCUT2D eigenvalue weighted by Crippen LogP contribution is -2.07. The maximum atomic E-state index is 12.8. The van der Waals surface area contributed by atoms with Crippen molar-refractivity contribution in [3.63, 3.8) is 0 Å². The number of carbonyl (C=O) groups is 1. The van der Waals surface area contributed by atoms with E-state index in [0.29, 0.717) is 22.8 Å². The molecule has 0 bridgehead atoms. The van der Waals surface area contributed by atoms with Gasteiger partial charge in [0.15, 0.2) is 22.4 Å². The Balaban J connectivity index is 1.53. The molecule has 4 aromatic rings. The summed E-state index contributed by atoms with van der Waals surface area (Å²) in [6.45, 7) is 0.803. The molecule has 0 radical (unpaired) electrons. The van der Waals surface area contributed by atoms with E-state index in [2.05, 4.69) is 34.9 Å². The second kappa shape index (κ2) is 9.71. The molecule has 0 N–H and O–H groups in total. The molecular weight excluding hydrogens is 408 g/mol. The summed E-state index contributed by atoms with van der Waals surface area (Å²) in [5.74, 6) is 1.47. The number of aryl methyl sites for hydroxylation is 2. The van der Waals surface area contributed by atoms with E-state index in [1.54, 1.807) is 32.4 Å². The Kier molecular flexibility index (Phi) is 6.57. The zero-order chi connectivity index (χ0) is 21.6. The fourth-order valence-electron chi connectivity index (χ4n) is 3.49. The molecule has 0 atom stereocenters. The third-order valence-electron chi connectivity index (χ3n) is 5.12. The number of fused-ring (bicyclic) bond motifs is 1. The van der Waals surface area contributed by atoms with Crippen LogP contribution in [0.2, 0.25) is 0 Å². The Morgan fingerprint density at radius 2 is 1.68 bits per heavy atom. The quantitative estimate of drug-likeness (QED) is 0.266. The van der Waals surface area contributed by atoms with Gasteiger partial charge in [-0.15, -0.1) is 0 Å². The van der Waals surface area contributed by atoms with Crippen LogP contribution in [-0.2, 0) is 13.0 Å². The van der Waals surface area contributed by atoms with Crippen molar-refractivity contribution in [2.24, 2.45) is 0 Å². The Morgan fingerprint density at radius 1 is 0.935 bits per heavy atom. The molecule has 1 aromatic heterocycles. The number of thioether (sulfide) groups is 1. The predicted octanol–water partition coefficient (Wildman–Crippen LogP) is 5.27. The van der Waals surface area contributed by atoms with Gasteiger partial charge in [-0.2, -0.15) is 0 Å². The van der Waals surface area contributed by atoms with E-state index in [0.717, 1.165) is 29.2 Å². The SMILES string of the molecule is COc1ccc(C(=O)CSc2nc3ccccc3n2CCc2ccccc2)cc1OC. The number of aromatic nitrogens is 2. The summed E-state index contributed by atoms with van der Waals surface area (Å²) >= 11 is 1.46. The highest BCUT2D eigenvalue weighted by Gasteiger charge is 2.15. The fourth-order valence-corrected chi connectivity index (χ4v) is 4.42. The maximum absolute atomic E-state index is 12.8. The summed E-state index contributed by atoms with van der Waals surface area (Å²) < 4.78 is 12.8. The summed E-state index contributed by atoms with van der Waals surface area (Å²) in [6.07, 6.45) is 0.901. The van der Waals surface area contributed by atoms with Gasteiger partial charge < -0.3 is 14.0 Å². The van der Waals surface area contributed by atoms with Gasteiger partial charge in [0, 0.05) is 12.1 Å². The van der Waals surface area contributed by atoms with Gasteiger partial charge in [0.2, 0.25) is 0 Å². The van der Waals surface area contributed by atoms with Crippen molar-refractivity contribution in [3.05, 3.63) is 83.9 Å². The number of para-hydroxylation sites is 2. The van der Waals surface area contributed by atoms with Crippen LogP contribution in [-0.4, -0.2) is 35.3 Å². The second-order valence-electron chi connectivity index (χ2n) is 7.05. The summed E-state index contributed by atoms with van der Waals surface area (Å²) in [7, 11) is 3.14. The summed E-state index contributed by atoms with van der Waals surface area (Å²) in [5.41, 5.74) is 3.89. The highest BCUT2D eigenvalue weighted by molar-refractivity contribution is 7.99. The molecule has 0 saturated carbocycles. The van der Waals surface area contributed by atoms with Crippen molar-refractivity contribution >= 4 is 28.6 Å². The summed E-state index contributed by atoms with van der Waals surface area (Å²) in [4.78, 5) is 17.6. The van der Waals surface area contributed by atoms with Crippen LogP contribution in [0.1, 0.15) is 15.9 Å². The fraction of sp³-hybridized carbons (Fsp3) is 0.200. The number of hydrogen-bond acceptors (Lipinski definition) is 5. The minimum Gasteiger partial charge on any atom is -0.493 e. The number of benzene rings is 3. The highest BCUT2D eigenvalue weighted by atomic mass is 32.2. The molecule has 4 rings (SSSR count). The lowest BCUT2D eigenvalue weighted by molar-refractivity contribution is 0.102. The minimum absolute atomic E-state index is 0.0209. The van der Waals surface area contributed by atoms with Gasteiger partial charge in [-0.05, 0) is 42.3 Å². The number of imidazole rings is 1. The average molecular weight is 433 g/mol. The Labute approximate surface area is 186 Å². The van der Waals surface area contributed by atoms with Crippen molar-refractivity contribution < 1.29 is 14.3 Å². The van der Waals surface area contributed by atoms with Crippen LogP contribution in [0.25, 0.3) is 11.0 Å². The van der Waals surface area contributed by atoms with E-state index in [1.165, 1.54) is 17.3 Å². The molecule has 0 aliphatic heterocycles. The van der Waals surface area contributed by atoms with Gasteiger partial charge in [0.25, 0.3) is 0 Å². The van der Waals surface area contributed by atoms with Crippen molar-refractivity contribution in [1.82, 2.24) is 9.55 Å². The van der Waals surface area contributed by atoms with E-state index in [-0.39, 0.29) is 5.78 Å². The topological polar surface area (TPSA) is 53.3 Å². The first-order valence-corrected chi connectivity index (χ1v) is 11.1. The van der Waals surface area contributed by atoms with E-state index in [1.807, 2.05) is 24.3 Å². The van der Waals surface area contributed by atoms with Crippen molar-refractivity contribution in [3.8, 4) is 11.5 Å². The number of methoxy groups -OCH3 is 2. The first kappa shape index (κ1) is 21.0. The van der Waals surface area contributed by atoms with Crippen LogP contribution in [0.4, 0.5) is 0 Å². The normalized spacial score (nSPS) is 10.9.